The third kappa shape index (κ3) is 11.7. The number of amides is 5. The van der Waals surface area contributed by atoms with Gasteiger partial charge in [0.05, 0.1) is 31.1 Å². The Morgan fingerprint density at radius 3 is 2.52 bits per heavy atom. The van der Waals surface area contributed by atoms with Crippen molar-refractivity contribution in [2.45, 2.75) is 108 Å². The van der Waals surface area contributed by atoms with Gasteiger partial charge in [0.2, 0.25) is 23.6 Å². The lowest BCUT2D eigenvalue weighted by molar-refractivity contribution is -0.162. The number of nitrogens with one attached hydrogen (secondary N) is 2. The van der Waals surface area contributed by atoms with Gasteiger partial charge in [-0.25, -0.2) is 9.59 Å². The highest BCUT2D eigenvalue weighted by Crippen LogP contribution is 2.49. The number of carbonyl (C=O) groups is 6. The number of ether oxygens (including phenoxy) is 5. The predicted molar refractivity (Wildman–Crippen MR) is 236 cm³/mol. The number of benzene rings is 1. The van der Waals surface area contributed by atoms with Crippen LogP contribution in [-0.2, 0) is 49.3 Å². The molecule has 3 saturated heterocycles. The monoisotopic (exact) mass is 919 g/mol. The zero-order valence-electron chi connectivity index (χ0n) is 37.6. The van der Waals surface area contributed by atoms with E-state index < -0.39 is 65.7 Å². The average Bonchev–Trinajstić information content (AvgIpc) is 3.96. The van der Waals surface area contributed by atoms with Gasteiger partial charge in [-0.15, -0.1) is 0 Å². The van der Waals surface area contributed by atoms with Gasteiger partial charge in [-0.3, -0.25) is 24.5 Å². The number of aliphatic hydroxyl groups is 1. The fraction of sp³-hybridized carbons (Fsp3) is 0.636. The summed E-state index contributed by atoms with van der Waals surface area (Å²) >= 11 is 8.11. The van der Waals surface area contributed by atoms with Crippen LogP contribution < -0.4 is 20.3 Å². The minimum absolute atomic E-state index is 0.0175. The van der Waals surface area contributed by atoms with Crippen molar-refractivity contribution < 1.29 is 57.6 Å². The molecule has 0 spiro atoms. The molecule has 0 aliphatic carbocycles. The van der Waals surface area contributed by atoms with Gasteiger partial charge in [0, 0.05) is 71.8 Å². The van der Waals surface area contributed by atoms with Crippen LogP contribution in [-0.4, -0.2) is 152 Å². The number of anilines is 1. The van der Waals surface area contributed by atoms with Crippen molar-refractivity contribution in [1.82, 2.24) is 20.4 Å². The molecule has 3 N–H and O–H groups in total. The summed E-state index contributed by atoms with van der Waals surface area (Å²) in [5.41, 5.74) is -1.06. The third-order valence-corrected chi connectivity index (χ3v) is 14.0. The number of epoxide rings is 1. The zero-order valence-corrected chi connectivity index (χ0v) is 39.1. The number of nitrogens with zero attached hydrogens (tertiary/aromatic N) is 3. The highest BCUT2D eigenvalue weighted by atomic mass is 35.5. The van der Waals surface area contributed by atoms with Crippen molar-refractivity contribution in [1.29, 1.82) is 0 Å². The molecular formula is C44H62ClN5O12S. The standard InChI is InChI=1S/C44H62ClN5O12S/c1-25-11-10-12-33(59-9)44(57)23-32(60-42(56)47-44)26(2)39-43(4,62-39)34(22-36(52)49(7)30-20-28(19-25)21-31(58-8)38(30)45)61-41(55)27(3)48(6)35(51)15-18-63-24-37(53)50-16-13-29(14-17-50)40(54)46-5/h10-12,20-21,26-27,29,32-34,39,57H,13-19,22-24H2,1-9H3,(H,46,54)(H,47,56)/b12-10+,25-11+/t26-,27+,32+,33-,34+,39+,43+,44+/m1/s1. The van der Waals surface area contributed by atoms with Crippen molar-refractivity contribution in [2.75, 3.05) is 64.9 Å². The Morgan fingerprint density at radius 2 is 1.87 bits per heavy atom. The minimum atomic E-state index is -1.86. The Morgan fingerprint density at radius 1 is 1.17 bits per heavy atom. The molecule has 1 aromatic rings. The molecule has 4 aliphatic heterocycles. The van der Waals surface area contributed by atoms with E-state index >= 15 is 0 Å². The molecule has 4 heterocycles. The fourth-order valence-corrected chi connectivity index (χ4v) is 9.53. The van der Waals surface area contributed by atoms with E-state index in [-0.39, 0.29) is 53.7 Å². The molecule has 4 bridgehead atoms. The van der Waals surface area contributed by atoms with E-state index in [2.05, 4.69) is 10.6 Å². The number of halogens is 1. The summed E-state index contributed by atoms with van der Waals surface area (Å²) in [5.74, 6) is -1.47. The van der Waals surface area contributed by atoms with Crippen LogP contribution >= 0.6 is 23.4 Å². The van der Waals surface area contributed by atoms with E-state index in [4.69, 9.17) is 35.3 Å². The molecule has 348 valence electrons. The quantitative estimate of drug-likeness (QED) is 0.165. The SMILES string of the molecule is CNC(=O)C1CCN(C(=O)CSCCC(=O)N(C)[C@@H](C)C(=O)O[C@H]2CC(=O)N(C)c3cc(cc(OC)c3Cl)C/C(C)=C/C=C/[C@@H](OC)[C@@]3(O)C[C@H](OC(=O)N3)[C@@H](C)[C@@H]3O[C@@]23C)CC1. The molecule has 5 amide bonds. The molecule has 0 saturated carbocycles. The number of methoxy groups -OCH3 is 2. The summed E-state index contributed by atoms with van der Waals surface area (Å²) in [5, 5.41) is 17.2. The van der Waals surface area contributed by atoms with Crippen LogP contribution in [0.25, 0.3) is 0 Å². The number of carbonyl (C=O) groups excluding carboxylic acids is 6. The number of allylic oxidation sites excluding steroid dienone is 3. The van der Waals surface area contributed by atoms with Crippen LogP contribution in [0.15, 0.2) is 35.9 Å². The highest BCUT2D eigenvalue weighted by molar-refractivity contribution is 7.99. The molecule has 17 nitrogen and oxygen atoms in total. The van der Waals surface area contributed by atoms with Crippen LogP contribution in [0.1, 0.15) is 65.4 Å². The molecule has 3 fully saturated rings. The second-order valence-corrected chi connectivity index (χ2v) is 18.5. The van der Waals surface area contributed by atoms with Gasteiger partial charge in [-0.1, -0.05) is 42.3 Å². The van der Waals surface area contributed by atoms with Gasteiger partial charge < -0.3 is 48.8 Å². The average molecular weight is 921 g/mol. The molecule has 0 unspecified atom stereocenters. The van der Waals surface area contributed by atoms with Crippen LogP contribution in [0.5, 0.6) is 5.75 Å². The number of thioether (sulfide) groups is 1. The summed E-state index contributed by atoms with van der Waals surface area (Å²) in [6.45, 7) is 7.92. The number of likely N-dealkylation sites (tertiary alicyclic amines) is 1. The van der Waals surface area contributed by atoms with Crippen LogP contribution in [0, 0.1) is 11.8 Å². The summed E-state index contributed by atoms with van der Waals surface area (Å²) in [6, 6.07) is 2.49. The largest absolute Gasteiger partial charge is 0.495 e. The number of esters is 1. The number of piperidine rings is 1. The van der Waals surface area contributed by atoms with Crippen LogP contribution in [0.2, 0.25) is 5.02 Å². The normalized spacial score (nSPS) is 29.8. The maximum absolute atomic E-state index is 14.3. The number of alkyl carbamates (subject to hydrolysis) is 1. The molecule has 0 aromatic heterocycles. The molecule has 19 heteroatoms. The van der Waals surface area contributed by atoms with Gasteiger partial charge in [-0.2, -0.15) is 11.8 Å². The second kappa shape index (κ2) is 21.1. The lowest BCUT2D eigenvalue weighted by atomic mass is 9.83. The Labute approximate surface area is 378 Å². The number of hydrogen-bond donors (Lipinski definition) is 3. The van der Waals surface area contributed by atoms with Crippen molar-refractivity contribution in [3.8, 4) is 5.75 Å². The van der Waals surface area contributed by atoms with Crippen molar-refractivity contribution in [3.05, 3.63) is 46.5 Å². The Hall–Kier alpha value is -4.36. The molecule has 8 atom stereocenters. The number of fused-ring (bicyclic) bond motifs is 5. The Bertz CT molecular complexity index is 1960. The van der Waals surface area contributed by atoms with Crippen LogP contribution in [0.4, 0.5) is 10.5 Å². The zero-order chi connectivity index (χ0) is 46.4. The predicted octanol–water partition coefficient (Wildman–Crippen LogP) is 3.62. The van der Waals surface area contributed by atoms with Gasteiger partial charge in [0.1, 0.15) is 40.7 Å². The molecular weight excluding hydrogens is 858 g/mol. The van der Waals surface area contributed by atoms with Crippen molar-refractivity contribution >= 4 is 64.7 Å². The number of likely N-dealkylation sites (N-methyl/N-ethyl adjacent to an activating group) is 1. The van der Waals surface area contributed by atoms with E-state index in [1.165, 1.54) is 49.8 Å². The Kier molecular flexibility index (Phi) is 16.6. The topological polar surface area (TPSA) is 206 Å². The summed E-state index contributed by atoms with van der Waals surface area (Å²) in [4.78, 5) is 83.7. The van der Waals surface area contributed by atoms with Crippen molar-refractivity contribution in [3.63, 3.8) is 0 Å². The van der Waals surface area contributed by atoms with Crippen LogP contribution in [0.3, 0.4) is 0 Å². The maximum atomic E-state index is 14.3. The van der Waals surface area contributed by atoms with E-state index in [0.29, 0.717) is 49.5 Å². The van der Waals surface area contributed by atoms with Gasteiger partial charge >= 0.3 is 12.1 Å². The first kappa shape index (κ1) is 49.7. The first-order valence-corrected chi connectivity index (χ1v) is 22.7. The molecule has 4 aliphatic rings. The third-order valence-electron chi connectivity index (χ3n) is 12.7. The van der Waals surface area contributed by atoms with E-state index in [9.17, 15) is 33.9 Å². The van der Waals surface area contributed by atoms with Gasteiger partial charge in [0.15, 0.2) is 5.72 Å². The summed E-state index contributed by atoms with van der Waals surface area (Å²) in [7, 11) is 7.55. The number of hydrogen-bond acceptors (Lipinski definition) is 13. The van der Waals surface area contributed by atoms with Gasteiger partial charge in [0.25, 0.3) is 0 Å². The van der Waals surface area contributed by atoms with Gasteiger partial charge in [-0.05, 0) is 57.7 Å². The summed E-state index contributed by atoms with van der Waals surface area (Å²) in [6.07, 6.45) is 1.89. The fourth-order valence-electron chi connectivity index (χ4n) is 8.40. The first-order valence-electron chi connectivity index (χ1n) is 21.2. The highest BCUT2D eigenvalue weighted by Gasteiger charge is 2.64. The lowest BCUT2D eigenvalue weighted by Crippen LogP contribution is -2.63. The van der Waals surface area contributed by atoms with Crippen molar-refractivity contribution in [2.24, 2.45) is 11.8 Å². The van der Waals surface area contributed by atoms with E-state index in [1.54, 1.807) is 57.1 Å². The smallest absolute Gasteiger partial charge is 0.409 e. The second-order valence-electron chi connectivity index (χ2n) is 17.0. The lowest BCUT2D eigenvalue weighted by Gasteiger charge is -2.42. The first-order chi connectivity index (χ1) is 29.8. The number of rotatable bonds is 11. The molecule has 1 aromatic carbocycles. The van der Waals surface area contributed by atoms with E-state index in [1.807, 2.05) is 13.0 Å². The minimum Gasteiger partial charge on any atom is -0.495 e. The molecule has 63 heavy (non-hydrogen) atoms. The Balaban J connectivity index is 1.33. The summed E-state index contributed by atoms with van der Waals surface area (Å²) < 4.78 is 29.3. The molecule has 0 radical (unpaired) electrons. The maximum Gasteiger partial charge on any atom is 0.409 e. The van der Waals surface area contributed by atoms with E-state index in [0.717, 1.165) is 11.1 Å². The molecule has 5 rings (SSSR count).